The number of hydrogen-bond acceptors (Lipinski definition) is 4. The first kappa shape index (κ1) is 26.0. The zero-order valence-electron chi connectivity index (χ0n) is 18.4. The molecule has 12 heteroatoms. The van der Waals surface area contributed by atoms with Crippen molar-refractivity contribution in [2.24, 2.45) is 0 Å². The van der Waals surface area contributed by atoms with E-state index in [4.69, 9.17) is 27.9 Å². The first-order chi connectivity index (χ1) is 16.9. The standard InChI is InChI=1S/C24H16Cl2F5NO4/c1-3-10-7-8-23(25)21(34)32(20-18(30)16(28)15(27)17(29)19(20)31)22(35)24(23,26)14(10)11-5-6-12(33)13(9-11)36-4-2/h3,5-7,9,14,33H,1,4,8H2,2H3. The molecule has 0 saturated carbocycles. The van der Waals surface area contributed by atoms with Gasteiger partial charge in [0, 0.05) is 5.92 Å². The molecule has 2 amide bonds. The number of amides is 2. The predicted octanol–water partition coefficient (Wildman–Crippen LogP) is 5.61. The lowest BCUT2D eigenvalue weighted by molar-refractivity contribution is -0.122. The molecule has 1 saturated heterocycles. The number of phenols is 1. The van der Waals surface area contributed by atoms with Crippen molar-refractivity contribution in [3.8, 4) is 11.5 Å². The van der Waals surface area contributed by atoms with Crippen molar-refractivity contribution in [1.29, 1.82) is 0 Å². The molecule has 2 aliphatic rings. The number of rotatable bonds is 5. The smallest absolute Gasteiger partial charge is 0.258 e. The Morgan fingerprint density at radius 3 is 2.22 bits per heavy atom. The van der Waals surface area contributed by atoms with Crippen LogP contribution in [0.1, 0.15) is 24.8 Å². The van der Waals surface area contributed by atoms with E-state index in [2.05, 4.69) is 6.58 Å². The molecule has 1 heterocycles. The topological polar surface area (TPSA) is 66.8 Å². The fourth-order valence-corrected chi connectivity index (χ4v) is 5.39. The SMILES string of the molecule is C=CC1=CCC2(Cl)C(=O)N(c3c(F)c(F)c(F)c(F)c3F)C(=O)C2(Cl)C1c1ccc(O)c(OCC)c1. The molecule has 1 aliphatic carbocycles. The van der Waals surface area contributed by atoms with E-state index in [-0.39, 0.29) is 34.1 Å². The van der Waals surface area contributed by atoms with Crippen LogP contribution in [0.2, 0.25) is 0 Å². The molecule has 4 rings (SSSR count). The van der Waals surface area contributed by atoms with Gasteiger partial charge in [0.1, 0.15) is 5.69 Å². The van der Waals surface area contributed by atoms with E-state index in [1.165, 1.54) is 30.4 Å². The highest BCUT2D eigenvalue weighted by atomic mass is 35.5. The van der Waals surface area contributed by atoms with Gasteiger partial charge in [-0.25, -0.2) is 26.9 Å². The summed E-state index contributed by atoms with van der Waals surface area (Å²) in [7, 11) is 0. The Labute approximate surface area is 211 Å². The number of benzene rings is 2. The van der Waals surface area contributed by atoms with Gasteiger partial charge in [0.15, 0.2) is 44.5 Å². The summed E-state index contributed by atoms with van der Waals surface area (Å²) in [5.74, 6) is -16.5. The number of phenolic OH excluding ortho intramolecular Hbond substituents is 1. The summed E-state index contributed by atoms with van der Waals surface area (Å²) in [6.45, 7) is 5.47. The highest BCUT2D eigenvalue weighted by Crippen LogP contribution is 2.60. The van der Waals surface area contributed by atoms with Crippen molar-refractivity contribution in [3.05, 3.63) is 77.2 Å². The molecule has 0 radical (unpaired) electrons. The van der Waals surface area contributed by atoms with Gasteiger partial charge in [0.2, 0.25) is 5.82 Å². The number of alkyl halides is 2. The first-order valence-corrected chi connectivity index (χ1v) is 11.2. The number of nitrogens with zero attached hydrogens (tertiary/aromatic N) is 1. The number of aromatic hydroxyl groups is 1. The van der Waals surface area contributed by atoms with Gasteiger partial charge >= 0.3 is 0 Å². The lowest BCUT2D eigenvalue weighted by atomic mass is 9.68. The van der Waals surface area contributed by atoms with Crippen molar-refractivity contribution >= 4 is 40.7 Å². The Bertz CT molecular complexity index is 1340. The Kier molecular flexibility index (Phi) is 6.33. The molecule has 2 aromatic rings. The zero-order valence-corrected chi connectivity index (χ0v) is 19.9. The second-order valence-electron chi connectivity index (χ2n) is 8.08. The summed E-state index contributed by atoms with van der Waals surface area (Å²) in [6.07, 6.45) is 2.31. The van der Waals surface area contributed by atoms with Crippen LogP contribution >= 0.6 is 23.2 Å². The van der Waals surface area contributed by atoms with Gasteiger partial charge in [-0.05, 0) is 36.6 Å². The second-order valence-corrected chi connectivity index (χ2v) is 9.32. The van der Waals surface area contributed by atoms with Crippen LogP contribution in [-0.4, -0.2) is 33.3 Å². The quantitative estimate of drug-likeness (QED) is 0.173. The van der Waals surface area contributed by atoms with E-state index < -0.39 is 68.7 Å². The highest BCUT2D eigenvalue weighted by molar-refractivity contribution is 6.58. The van der Waals surface area contributed by atoms with E-state index in [9.17, 15) is 36.6 Å². The Balaban J connectivity index is 1.98. The second kappa shape index (κ2) is 8.77. The van der Waals surface area contributed by atoms with Gasteiger partial charge in [0.25, 0.3) is 11.8 Å². The third-order valence-electron chi connectivity index (χ3n) is 6.25. The minimum Gasteiger partial charge on any atom is -0.504 e. The molecule has 1 aliphatic heterocycles. The van der Waals surface area contributed by atoms with Crippen molar-refractivity contribution in [2.45, 2.75) is 29.0 Å². The summed E-state index contributed by atoms with van der Waals surface area (Å²) >= 11 is 13.4. The summed E-state index contributed by atoms with van der Waals surface area (Å²) < 4.78 is 76.2. The zero-order chi connectivity index (χ0) is 26.7. The van der Waals surface area contributed by atoms with E-state index in [1.54, 1.807) is 6.92 Å². The van der Waals surface area contributed by atoms with Crippen LogP contribution in [0.4, 0.5) is 27.6 Å². The maximum absolute atomic E-state index is 14.6. The average molecular weight is 548 g/mol. The number of halogens is 7. The van der Waals surface area contributed by atoms with Crippen molar-refractivity contribution in [1.82, 2.24) is 0 Å². The third kappa shape index (κ3) is 3.27. The van der Waals surface area contributed by atoms with E-state index in [0.29, 0.717) is 0 Å². The highest BCUT2D eigenvalue weighted by Gasteiger charge is 2.73. The molecule has 0 aromatic heterocycles. The van der Waals surface area contributed by atoms with Crippen molar-refractivity contribution in [3.63, 3.8) is 0 Å². The largest absolute Gasteiger partial charge is 0.504 e. The number of carbonyl (C=O) groups excluding carboxylic acids is 2. The third-order valence-corrected chi connectivity index (χ3v) is 7.66. The molecular formula is C24H16Cl2F5NO4. The average Bonchev–Trinajstić information content (AvgIpc) is 3.00. The minimum atomic E-state index is -2.50. The number of allylic oxidation sites excluding steroid dienone is 3. The van der Waals surface area contributed by atoms with Gasteiger partial charge in [-0.3, -0.25) is 9.59 Å². The summed E-state index contributed by atoms with van der Waals surface area (Å²) in [5.41, 5.74) is -1.30. The maximum atomic E-state index is 14.6. The van der Waals surface area contributed by atoms with Crippen molar-refractivity contribution < 1.29 is 41.4 Å². The van der Waals surface area contributed by atoms with E-state index in [1.807, 2.05) is 0 Å². The minimum absolute atomic E-state index is 0.00202. The number of fused-ring (bicyclic) bond motifs is 1. The summed E-state index contributed by atoms with van der Waals surface area (Å²) in [4.78, 5) is 22.0. The number of carbonyl (C=O) groups is 2. The van der Waals surface area contributed by atoms with Crippen LogP contribution in [0.15, 0.2) is 42.5 Å². The van der Waals surface area contributed by atoms with Crippen LogP contribution in [0.25, 0.3) is 0 Å². The van der Waals surface area contributed by atoms with Gasteiger partial charge < -0.3 is 9.84 Å². The van der Waals surface area contributed by atoms with Crippen LogP contribution in [0.5, 0.6) is 11.5 Å². The molecule has 1 N–H and O–H groups in total. The number of ether oxygens (including phenoxy) is 1. The number of hydrogen-bond donors (Lipinski definition) is 1. The van der Waals surface area contributed by atoms with Gasteiger partial charge in [-0.1, -0.05) is 24.8 Å². The number of imide groups is 1. The lowest BCUT2D eigenvalue weighted by Gasteiger charge is -2.42. The normalized spacial score (nSPS) is 25.6. The monoisotopic (exact) mass is 547 g/mol. The van der Waals surface area contributed by atoms with E-state index in [0.717, 1.165) is 0 Å². The Hall–Kier alpha value is -3.11. The molecule has 0 bridgehead atoms. The fraction of sp³-hybridized carbons (Fsp3) is 0.250. The van der Waals surface area contributed by atoms with Gasteiger partial charge in [-0.15, -0.1) is 23.2 Å². The predicted molar refractivity (Wildman–Crippen MR) is 121 cm³/mol. The molecular weight excluding hydrogens is 532 g/mol. The Morgan fingerprint density at radius 2 is 1.67 bits per heavy atom. The number of anilines is 1. The van der Waals surface area contributed by atoms with Crippen LogP contribution in [0.3, 0.4) is 0 Å². The van der Waals surface area contributed by atoms with Gasteiger partial charge in [0.05, 0.1) is 6.61 Å². The molecule has 3 unspecified atom stereocenters. The van der Waals surface area contributed by atoms with Crippen LogP contribution < -0.4 is 9.64 Å². The van der Waals surface area contributed by atoms with E-state index >= 15 is 0 Å². The maximum Gasteiger partial charge on any atom is 0.258 e. The fourth-order valence-electron chi connectivity index (χ4n) is 4.55. The summed E-state index contributed by atoms with van der Waals surface area (Å²) in [6, 6.07) is 3.91. The Morgan fingerprint density at radius 1 is 1.08 bits per heavy atom. The molecule has 1 fully saturated rings. The van der Waals surface area contributed by atoms with Crippen LogP contribution in [-0.2, 0) is 9.59 Å². The molecule has 0 spiro atoms. The van der Waals surface area contributed by atoms with Gasteiger partial charge in [-0.2, -0.15) is 0 Å². The first-order valence-electron chi connectivity index (χ1n) is 10.4. The van der Waals surface area contributed by atoms with Crippen molar-refractivity contribution in [2.75, 3.05) is 11.5 Å². The summed E-state index contributed by atoms with van der Waals surface area (Å²) in [5, 5.41) is 10.1. The lowest BCUT2D eigenvalue weighted by Crippen LogP contribution is -2.54. The molecule has 190 valence electrons. The molecule has 36 heavy (non-hydrogen) atoms. The molecule has 5 nitrogen and oxygen atoms in total. The molecule has 2 aromatic carbocycles. The molecule has 3 atom stereocenters. The van der Waals surface area contributed by atoms with Crippen LogP contribution in [0, 0.1) is 29.1 Å².